The van der Waals surface area contributed by atoms with E-state index >= 15 is 0 Å². The highest BCUT2D eigenvalue weighted by molar-refractivity contribution is 7.99. The normalized spacial score (nSPS) is 19.8. The second-order valence-corrected chi connectivity index (χ2v) is 8.90. The summed E-state index contributed by atoms with van der Waals surface area (Å²) in [6.45, 7) is 4.50. The number of rotatable bonds is 4. The lowest BCUT2D eigenvalue weighted by Crippen LogP contribution is -2.13. The SMILES string of the molecule is Cc1ccccc1Sc1cccc(C)c1C1CCC(c2ccccc2)CC1. The van der Waals surface area contributed by atoms with Gasteiger partial charge in [-0.25, -0.2) is 0 Å². The van der Waals surface area contributed by atoms with Crippen LogP contribution in [-0.4, -0.2) is 0 Å². The highest BCUT2D eigenvalue weighted by Gasteiger charge is 2.26. The molecule has 0 bridgehead atoms. The van der Waals surface area contributed by atoms with Crippen molar-refractivity contribution >= 4 is 11.8 Å². The maximum absolute atomic E-state index is 2.32. The van der Waals surface area contributed by atoms with E-state index in [2.05, 4.69) is 86.6 Å². The minimum atomic E-state index is 0.692. The van der Waals surface area contributed by atoms with Crippen LogP contribution >= 0.6 is 11.8 Å². The maximum Gasteiger partial charge on any atom is 0.0159 e. The van der Waals surface area contributed by atoms with Crippen molar-refractivity contribution in [1.29, 1.82) is 0 Å². The summed E-state index contributed by atoms with van der Waals surface area (Å²) in [5, 5.41) is 0. The van der Waals surface area contributed by atoms with Crippen molar-refractivity contribution in [3.8, 4) is 0 Å². The second kappa shape index (κ2) is 8.35. The van der Waals surface area contributed by atoms with Crippen LogP contribution in [0.5, 0.6) is 0 Å². The number of hydrogen-bond donors (Lipinski definition) is 0. The van der Waals surface area contributed by atoms with E-state index in [-0.39, 0.29) is 0 Å². The van der Waals surface area contributed by atoms with Gasteiger partial charge in [0.1, 0.15) is 0 Å². The van der Waals surface area contributed by atoms with Gasteiger partial charge in [-0.1, -0.05) is 72.4 Å². The smallest absolute Gasteiger partial charge is 0.0159 e. The largest absolute Gasteiger partial charge is 0.0895 e. The predicted molar refractivity (Wildman–Crippen MR) is 117 cm³/mol. The van der Waals surface area contributed by atoms with Crippen molar-refractivity contribution in [3.05, 3.63) is 95.1 Å². The molecular formula is C26H28S. The summed E-state index contributed by atoms with van der Waals surface area (Å²) in [7, 11) is 0. The van der Waals surface area contributed by atoms with Crippen LogP contribution in [0, 0.1) is 13.8 Å². The van der Waals surface area contributed by atoms with E-state index in [1.54, 1.807) is 5.56 Å². The molecule has 3 aromatic rings. The molecular weight excluding hydrogens is 344 g/mol. The lowest BCUT2D eigenvalue weighted by atomic mass is 9.75. The average molecular weight is 373 g/mol. The van der Waals surface area contributed by atoms with Crippen molar-refractivity contribution in [1.82, 2.24) is 0 Å². The molecule has 0 heterocycles. The Bertz CT molecular complexity index is 889. The Morgan fingerprint density at radius 3 is 1.93 bits per heavy atom. The first-order valence-corrected chi connectivity index (χ1v) is 10.9. The molecule has 0 atom stereocenters. The van der Waals surface area contributed by atoms with E-state index in [9.17, 15) is 0 Å². The van der Waals surface area contributed by atoms with Gasteiger partial charge in [0.2, 0.25) is 0 Å². The zero-order valence-corrected chi connectivity index (χ0v) is 17.1. The molecule has 4 rings (SSSR count). The van der Waals surface area contributed by atoms with Gasteiger partial charge in [-0.15, -0.1) is 0 Å². The summed E-state index contributed by atoms with van der Waals surface area (Å²) in [6.07, 6.45) is 5.20. The van der Waals surface area contributed by atoms with Gasteiger partial charge in [0.15, 0.2) is 0 Å². The van der Waals surface area contributed by atoms with E-state index < -0.39 is 0 Å². The summed E-state index contributed by atoms with van der Waals surface area (Å²) in [5.74, 6) is 1.43. The fraction of sp³-hybridized carbons (Fsp3) is 0.308. The summed E-state index contributed by atoms with van der Waals surface area (Å²) < 4.78 is 0. The fourth-order valence-corrected chi connectivity index (χ4v) is 5.69. The van der Waals surface area contributed by atoms with Crippen LogP contribution in [0.4, 0.5) is 0 Å². The van der Waals surface area contributed by atoms with E-state index in [0.717, 1.165) is 5.92 Å². The Labute approximate surface area is 168 Å². The molecule has 0 saturated heterocycles. The Morgan fingerprint density at radius 1 is 0.593 bits per heavy atom. The Hall–Kier alpha value is -1.99. The fourth-order valence-electron chi connectivity index (χ4n) is 4.50. The van der Waals surface area contributed by atoms with Gasteiger partial charge < -0.3 is 0 Å². The Morgan fingerprint density at radius 2 is 1.19 bits per heavy atom. The summed E-state index contributed by atoms with van der Waals surface area (Å²) >= 11 is 1.95. The van der Waals surface area contributed by atoms with Gasteiger partial charge in [0, 0.05) is 9.79 Å². The van der Waals surface area contributed by atoms with E-state index in [1.165, 1.54) is 52.2 Å². The number of benzene rings is 3. The van der Waals surface area contributed by atoms with Crippen molar-refractivity contribution < 1.29 is 0 Å². The lowest BCUT2D eigenvalue weighted by molar-refractivity contribution is 0.392. The van der Waals surface area contributed by atoms with E-state index in [4.69, 9.17) is 0 Å². The number of hydrogen-bond acceptors (Lipinski definition) is 1. The molecule has 1 saturated carbocycles. The van der Waals surface area contributed by atoms with Crippen LogP contribution in [0.2, 0.25) is 0 Å². The first kappa shape index (κ1) is 18.4. The van der Waals surface area contributed by atoms with E-state index in [0.29, 0.717) is 5.92 Å². The molecule has 1 aliphatic carbocycles. The third-order valence-electron chi connectivity index (χ3n) is 6.00. The topological polar surface area (TPSA) is 0 Å². The predicted octanol–water partition coefficient (Wildman–Crippen LogP) is 7.90. The summed E-state index contributed by atoms with van der Waals surface area (Å²) in [6, 6.07) is 26.7. The molecule has 1 heteroatoms. The first-order chi connectivity index (χ1) is 13.2. The highest BCUT2D eigenvalue weighted by Crippen LogP contribution is 2.45. The summed E-state index contributed by atoms with van der Waals surface area (Å²) in [4.78, 5) is 2.83. The zero-order chi connectivity index (χ0) is 18.6. The van der Waals surface area contributed by atoms with Crippen LogP contribution in [-0.2, 0) is 0 Å². The molecule has 1 aliphatic rings. The van der Waals surface area contributed by atoms with Crippen LogP contribution in [0.25, 0.3) is 0 Å². The molecule has 0 nitrogen and oxygen atoms in total. The van der Waals surface area contributed by atoms with Crippen molar-refractivity contribution in [2.75, 3.05) is 0 Å². The molecule has 0 N–H and O–H groups in total. The van der Waals surface area contributed by atoms with Crippen LogP contribution < -0.4 is 0 Å². The lowest BCUT2D eigenvalue weighted by Gasteiger charge is -2.31. The van der Waals surface area contributed by atoms with Crippen LogP contribution in [0.3, 0.4) is 0 Å². The molecule has 0 radical (unpaired) electrons. The van der Waals surface area contributed by atoms with Crippen molar-refractivity contribution in [2.24, 2.45) is 0 Å². The zero-order valence-electron chi connectivity index (χ0n) is 16.3. The molecule has 0 amide bonds. The van der Waals surface area contributed by atoms with Gasteiger partial charge >= 0.3 is 0 Å². The minimum absolute atomic E-state index is 0.692. The van der Waals surface area contributed by atoms with Crippen molar-refractivity contribution in [2.45, 2.75) is 61.2 Å². The molecule has 3 aromatic carbocycles. The van der Waals surface area contributed by atoms with Gasteiger partial charge in [0.25, 0.3) is 0 Å². The molecule has 0 unspecified atom stereocenters. The van der Waals surface area contributed by atoms with E-state index in [1.807, 2.05) is 11.8 Å². The van der Waals surface area contributed by atoms with Crippen LogP contribution in [0.15, 0.2) is 82.6 Å². The van der Waals surface area contributed by atoms with Gasteiger partial charge in [-0.2, -0.15) is 0 Å². The monoisotopic (exact) mass is 372 g/mol. The minimum Gasteiger partial charge on any atom is -0.0895 e. The third kappa shape index (κ3) is 4.14. The van der Waals surface area contributed by atoms with Crippen molar-refractivity contribution in [3.63, 3.8) is 0 Å². The van der Waals surface area contributed by atoms with Gasteiger partial charge in [0.05, 0.1) is 0 Å². The molecule has 1 fully saturated rings. The molecule has 0 aliphatic heterocycles. The highest BCUT2D eigenvalue weighted by atomic mass is 32.2. The summed E-state index contributed by atoms with van der Waals surface area (Å²) in [5.41, 5.74) is 5.94. The molecule has 0 aromatic heterocycles. The second-order valence-electron chi connectivity index (χ2n) is 7.81. The first-order valence-electron chi connectivity index (χ1n) is 10.1. The molecule has 0 spiro atoms. The van der Waals surface area contributed by atoms with Gasteiger partial charge in [-0.3, -0.25) is 0 Å². The standard InChI is InChI=1S/C26H28S/c1-19-9-6-7-13-24(19)27-25-14-8-10-20(2)26(25)23-17-15-22(16-18-23)21-11-4-3-5-12-21/h3-14,22-23H,15-18H2,1-2H3. The number of aryl methyl sites for hydroxylation is 2. The Kier molecular flexibility index (Phi) is 5.69. The molecule has 27 heavy (non-hydrogen) atoms. The molecule has 138 valence electrons. The van der Waals surface area contributed by atoms with Crippen LogP contribution in [0.1, 0.15) is 59.8 Å². The quantitative estimate of drug-likeness (QED) is 0.448. The van der Waals surface area contributed by atoms with Gasteiger partial charge in [-0.05, 0) is 85.8 Å². The Balaban J connectivity index is 1.55. The third-order valence-corrected chi connectivity index (χ3v) is 7.26. The maximum atomic E-state index is 2.32. The average Bonchev–Trinajstić information content (AvgIpc) is 2.71.